The van der Waals surface area contributed by atoms with E-state index in [2.05, 4.69) is 25.4 Å². The van der Waals surface area contributed by atoms with Gasteiger partial charge >= 0.3 is 0 Å². The van der Waals surface area contributed by atoms with Gasteiger partial charge in [-0.25, -0.2) is 4.68 Å². The highest BCUT2D eigenvalue weighted by molar-refractivity contribution is 7.99. The SMILES string of the molecule is CC(Sc1nnc(-c2ccncc2)n1N)c1nnc(-c2cccc(Cl)c2)o1. The molecule has 1 atom stereocenters. The van der Waals surface area contributed by atoms with Gasteiger partial charge in [-0.1, -0.05) is 29.4 Å². The summed E-state index contributed by atoms with van der Waals surface area (Å²) in [6.45, 7) is 1.93. The molecule has 8 nitrogen and oxygen atoms in total. The molecule has 1 aromatic carbocycles. The molecule has 0 spiro atoms. The molecular weight excluding hydrogens is 386 g/mol. The van der Waals surface area contributed by atoms with Gasteiger partial charge in [-0.2, -0.15) is 0 Å². The van der Waals surface area contributed by atoms with Crippen molar-refractivity contribution in [2.45, 2.75) is 17.3 Å². The van der Waals surface area contributed by atoms with Crippen molar-refractivity contribution in [3.63, 3.8) is 0 Å². The molecule has 27 heavy (non-hydrogen) atoms. The Morgan fingerprint density at radius 1 is 1.07 bits per heavy atom. The lowest BCUT2D eigenvalue weighted by atomic mass is 10.2. The normalized spacial score (nSPS) is 12.2. The van der Waals surface area contributed by atoms with Crippen LogP contribution in [0.2, 0.25) is 5.02 Å². The van der Waals surface area contributed by atoms with Gasteiger partial charge in [0.15, 0.2) is 5.82 Å². The summed E-state index contributed by atoms with van der Waals surface area (Å²) >= 11 is 7.39. The van der Waals surface area contributed by atoms with Crippen LogP contribution < -0.4 is 5.84 Å². The van der Waals surface area contributed by atoms with Crippen molar-refractivity contribution in [1.82, 2.24) is 30.1 Å². The topological polar surface area (TPSA) is 109 Å². The second-order valence-electron chi connectivity index (χ2n) is 5.63. The van der Waals surface area contributed by atoms with Gasteiger partial charge in [-0.15, -0.1) is 20.4 Å². The smallest absolute Gasteiger partial charge is 0.247 e. The number of hydrogen-bond acceptors (Lipinski definition) is 8. The molecule has 0 aliphatic carbocycles. The Kier molecular flexibility index (Phi) is 4.78. The van der Waals surface area contributed by atoms with Crippen LogP contribution in [0.5, 0.6) is 0 Å². The van der Waals surface area contributed by atoms with Crippen LogP contribution in [0.1, 0.15) is 18.1 Å². The molecule has 0 fully saturated rings. The number of halogens is 1. The molecule has 3 heterocycles. The van der Waals surface area contributed by atoms with Crippen LogP contribution in [-0.2, 0) is 0 Å². The van der Waals surface area contributed by atoms with Gasteiger partial charge in [0.25, 0.3) is 0 Å². The van der Waals surface area contributed by atoms with Crippen molar-refractivity contribution >= 4 is 23.4 Å². The quantitative estimate of drug-likeness (QED) is 0.400. The monoisotopic (exact) mass is 399 g/mol. The number of hydrogen-bond donors (Lipinski definition) is 1. The van der Waals surface area contributed by atoms with Crippen molar-refractivity contribution < 1.29 is 4.42 Å². The summed E-state index contributed by atoms with van der Waals surface area (Å²) in [6, 6.07) is 10.9. The fourth-order valence-electron chi connectivity index (χ4n) is 2.40. The van der Waals surface area contributed by atoms with E-state index in [1.54, 1.807) is 24.5 Å². The van der Waals surface area contributed by atoms with Gasteiger partial charge < -0.3 is 10.3 Å². The lowest BCUT2D eigenvalue weighted by Gasteiger charge is -2.06. The van der Waals surface area contributed by atoms with Gasteiger partial charge in [0.1, 0.15) is 0 Å². The molecule has 0 aliphatic rings. The van der Waals surface area contributed by atoms with Gasteiger partial charge in [0.05, 0.1) is 5.25 Å². The average Bonchev–Trinajstić information content (AvgIpc) is 3.31. The standard InChI is InChI=1S/C17H14ClN7OS/c1-10(15-22-23-16(26-15)12-3-2-4-13(18)9-12)27-17-24-21-14(25(17)19)11-5-7-20-8-6-11/h2-10H,19H2,1H3. The number of nitrogens with zero attached hydrogens (tertiary/aromatic N) is 6. The number of nitrogen functional groups attached to an aromatic ring is 1. The van der Waals surface area contributed by atoms with Crippen molar-refractivity contribution in [3.05, 3.63) is 59.7 Å². The van der Waals surface area contributed by atoms with Crippen molar-refractivity contribution in [3.8, 4) is 22.8 Å². The van der Waals surface area contributed by atoms with Crippen molar-refractivity contribution in [2.75, 3.05) is 5.84 Å². The molecule has 0 amide bonds. The highest BCUT2D eigenvalue weighted by Gasteiger charge is 2.20. The Morgan fingerprint density at radius 3 is 2.67 bits per heavy atom. The highest BCUT2D eigenvalue weighted by Crippen LogP contribution is 2.35. The van der Waals surface area contributed by atoms with E-state index in [4.69, 9.17) is 21.9 Å². The van der Waals surface area contributed by atoms with Crippen LogP contribution in [0.25, 0.3) is 22.8 Å². The minimum atomic E-state index is -0.165. The second-order valence-corrected chi connectivity index (χ2v) is 7.37. The van der Waals surface area contributed by atoms with Gasteiger partial charge in [0, 0.05) is 28.5 Å². The summed E-state index contributed by atoms with van der Waals surface area (Å²) in [4.78, 5) is 3.99. The van der Waals surface area contributed by atoms with Crippen LogP contribution in [-0.4, -0.2) is 30.1 Å². The summed E-state index contributed by atoms with van der Waals surface area (Å²) in [5, 5.41) is 17.5. The number of nitrogens with two attached hydrogens (primary N) is 1. The zero-order valence-corrected chi connectivity index (χ0v) is 15.7. The molecule has 136 valence electrons. The van der Waals surface area contributed by atoms with Gasteiger partial charge in [-0.3, -0.25) is 4.98 Å². The Morgan fingerprint density at radius 2 is 1.89 bits per heavy atom. The van der Waals surface area contributed by atoms with Crippen LogP contribution in [0, 0.1) is 0 Å². The van der Waals surface area contributed by atoms with E-state index in [1.807, 2.05) is 31.2 Å². The number of benzene rings is 1. The zero-order chi connectivity index (χ0) is 18.8. The van der Waals surface area contributed by atoms with E-state index in [-0.39, 0.29) is 5.25 Å². The van der Waals surface area contributed by atoms with Gasteiger partial charge in [0.2, 0.25) is 16.9 Å². The number of pyridine rings is 1. The van der Waals surface area contributed by atoms with Gasteiger partial charge in [-0.05, 0) is 37.3 Å². The Balaban J connectivity index is 1.53. The number of aromatic nitrogens is 6. The highest BCUT2D eigenvalue weighted by atomic mass is 35.5. The Labute approximate surface area is 163 Å². The van der Waals surface area contributed by atoms with E-state index >= 15 is 0 Å². The molecule has 0 radical (unpaired) electrons. The molecule has 3 aromatic heterocycles. The van der Waals surface area contributed by atoms with Crippen molar-refractivity contribution in [1.29, 1.82) is 0 Å². The summed E-state index contributed by atoms with van der Waals surface area (Å²) in [5.74, 6) is 7.57. The molecular formula is C17H14ClN7OS. The van der Waals surface area contributed by atoms with Crippen LogP contribution >= 0.6 is 23.4 Å². The molecule has 0 bridgehead atoms. The van der Waals surface area contributed by atoms with E-state index < -0.39 is 0 Å². The van der Waals surface area contributed by atoms with Crippen LogP contribution in [0.3, 0.4) is 0 Å². The molecule has 10 heteroatoms. The third kappa shape index (κ3) is 3.64. The lowest BCUT2D eigenvalue weighted by molar-refractivity contribution is 0.509. The first-order valence-corrected chi connectivity index (χ1v) is 9.24. The van der Waals surface area contributed by atoms with Crippen molar-refractivity contribution in [2.24, 2.45) is 0 Å². The maximum absolute atomic E-state index is 6.14. The van der Waals surface area contributed by atoms with E-state index in [0.29, 0.717) is 27.8 Å². The third-order valence-electron chi connectivity index (χ3n) is 3.75. The first kappa shape index (κ1) is 17.5. The van der Waals surface area contributed by atoms with E-state index in [0.717, 1.165) is 11.1 Å². The van der Waals surface area contributed by atoms with Crippen LogP contribution in [0.4, 0.5) is 0 Å². The summed E-state index contributed by atoms with van der Waals surface area (Å²) in [5.41, 5.74) is 1.60. The first-order chi connectivity index (χ1) is 13.1. The molecule has 1 unspecified atom stereocenters. The van der Waals surface area contributed by atoms with Crippen LogP contribution in [0.15, 0.2) is 58.4 Å². The summed E-state index contributed by atoms with van der Waals surface area (Å²) < 4.78 is 7.22. The van der Waals surface area contributed by atoms with E-state index in [9.17, 15) is 0 Å². The number of rotatable bonds is 5. The first-order valence-electron chi connectivity index (χ1n) is 7.98. The minimum Gasteiger partial charge on any atom is -0.419 e. The Bertz CT molecular complexity index is 1070. The zero-order valence-electron chi connectivity index (χ0n) is 14.2. The molecule has 0 saturated carbocycles. The fraction of sp³-hybridized carbons (Fsp3) is 0.118. The minimum absolute atomic E-state index is 0.165. The molecule has 0 aliphatic heterocycles. The lowest BCUT2D eigenvalue weighted by Crippen LogP contribution is -2.12. The molecule has 0 saturated heterocycles. The van der Waals surface area contributed by atoms with E-state index in [1.165, 1.54) is 16.4 Å². The summed E-state index contributed by atoms with van der Waals surface area (Å²) in [6.07, 6.45) is 3.35. The maximum atomic E-state index is 6.14. The maximum Gasteiger partial charge on any atom is 0.247 e. The number of thioether (sulfide) groups is 1. The predicted molar refractivity (Wildman–Crippen MR) is 102 cm³/mol. The fourth-order valence-corrected chi connectivity index (χ4v) is 3.39. The molecule has 2 N–H and O–H groups in total. The molecule has 4 aromatic rings. The average molecular weight is 400 g/mol. The summed E-state index contributed by atoms with van der Waals surface area (Å²) in [7, 11) is 0. The third-order valence-corrected chi connectivity index (χ3v) is 5.02. The largest absolute Gasteiger partial charge is 0.419 e. The molecule has 4 rings (SSSR count). The predicted octanol–water partition coefficient (Wildman–Crippen LogP) is 3.61. The Hall–Kier alpha value is -2.91. The second kappa shape index (κ2) is 7.37.